The van der Waals surface area contributed by atoms with Gasteiger partial charge in [-0.15, -0.1) is 0 Å². The van der Waals surface area contributed by atoms with Gasteiger partial charge in [-0.1, -0.05) is 54.1 Å². The van der Waals surface area contributed by atoms with Gasteiger partial charge in [0.1, 0.15) is 6.04 Å². The van der Waals surface area contributed by atoms with Gasteiger partial charge >= 0.3 is 6.18 Å². The van der Waals surface area contributed by atoms with Gasteiger partial charge in [0.05, 0.1) is 0 Å². The van der Waals surface area contributed by atoms with Crippen LogP contribution < -0.4 is 5.32 Å². The van der Waals surface area contributed by atoms with Gasteiger partial charge in [0, 0.05) is 11.1 Å². The van der Waals surface area contributed by atoms with Crippen LogP contribution in [-0.4, -0.2) is 6.18 Å². The third-order valence-electron chi connectivity index (χ3n) is 3.23. The predicted octanol–water partition coefficient (Wildman–Crippen LogP) is 5.29. The number of hydrogen-bond acceptors (Lipinski definition) is 1. The number of nitrogens with one attached hydrogen (secondary N) is 1. The summed E-state index contributed by atoms with van der Waals surface area (Å²) in [5.41, 5.74) is 0.909. The van der Waals surface area contributed by atoms with E-state index in [-0.39, 0.29) is 5.56 Å². The predicted molar refractivity (Wildman–Crippen MR) is 78.2 cm³/mol. The Morgan fingerprint density at radius 1 is 0.952 bits per heavy atom. The molecule has 0 aliphatic heterocycles. The summed E-state index contributed by atoms with van der Waals surface area (Å²) in [5.74, 6) is 0. The molecule has 0 saturated carbocycles. The molecule has 0 aromatic heterocycles. The van der Waals surface area contributed by atoms with Crippen molar-refractivity contribution in [3.05, 3.63) is 70.7 Å². The molecule has 2 rings (SSSR count). The van der Waals surface area contributed by atoms with Crippen molar-refractivity contribution in [2.24, 2.45) is 0 Å². The number of alkyl halides is 3. The van der Waals surface area contributed by atoms with E-state index in [2.05, 4.69) is 5.32 Å². The SMILES string of the molecule is C[C@@H](NC(c1ccccc1)C(F)(F)F)c1cccc(Cl)c1. The van der Waals surface area contributed by atoms with Crippen LogP contribution in [0.2, 0.25) is 5.02 Å². The maximum absolute atomic E-state index is 13.3. The van der Waals surface area contributed by atoms with Crippen LogP contribution in [0.1, 0.15) is 30.1 Å². The molecule has 112 valence electrons. The summed E-state index contributed by atoms with van der Waals surface area (Å²) in [7, 11) is 0. The number of benzene rings is 2. The van der Waals surface area contributed by atoms with Gasteiger partial charge in [-0.05, 0) is 30.2 Å². The van der Waals surface area contributed by atoms with Gasteiger partial charge in [0.25, 0.3) is 0 Å². The summed E-state index contributed by atoms with van der Waals surface area (Å²) in [5, 5.41) is 3.14. The maximum Gasteiger partial charge on any atom is 0.407 e. The van der Waals surface area contributed by atoms with E-state index in [0.29, 0.717) is 10.6 Å². The van der Waals surface area contributed by atoms with Crippen LogP contribution in [0, 0.1) is 0 Å². The fraction of sp³-hybridized carbons (Fsp3) is 0.250. The third kappa shape index (κ3) is 4.22. The molecule has 0 aliphatic carbocycles. The molecular weight excluding hydrogens is 299 g/mol. The minimum atomic E-state index is -4.37. The molecule has 2 atom stereocenters. The summed E-state index contributed by atoms with van der Waals surface area (Å²) in [4.78, 5) is 0. The molecule has 0 aliphatic rings. The molecule has 0 saturated heterocycles. The van der Waals surface area contributed by atoms with Crippen molar-refractivity contribution in [2.75, 3.05) is 0 Å². The number of hydrogen-bond donors (Lipinski definition) is 1. The molecule has 2 aromatic carbocycles. The number of halogens is 4. The highest BCUT2D eigenvalue weighted by Crippen LogP contribution is 2.34. The van der Waals surface area contributed by atoms with Crippen molar-refractivity contribution in [1.82, 2.24) is 5.32 Å². The smallest absolute Gasteiger partial charge is 0.296 e. The van der Waals surface area contributed by atoms with Crippen molar-refractivity contribution < 1.29 is 13.2 Å². The van der Waals surface area contributed by atoms with Crippen LogP contribution in [0.25, 0.3) is 0 Å². The lowest BCUT2D eigenvalue weighted by Crippen LogP contribution is -2.35. The highest BCUT2D eigenvalue weighted by molar-refractivity contribution is 6.30. The Morgan fingerprint density at radius 3 is 2.14 bits per heavy atom. The number of rotatable bonds is 4. The molecule has 21 heavy (non-hydrogen) atoms. The van der Waals surface area contributed by atoms with Crippen LogP contribution in [0.4, 0.5) is 13.2 Å². The second kappa shape index (κ2) is 6.50. The fourth-order valence-corrected chi connectivity index (χ4v) is 2.35. The lowest BCUT2D eigenvalue weighted by atomic mass is 10.0. The second-order valence-electron chi connectivity index (χ2n) is 4.83. The van der Waals surface area contributed by atoms with Crippen molar-refractivity contribution in [3.8, 4) is 0 Å². The maximum atomic E-state index is 13.3. The van der Waals surface area contributed by atoms with Crippen LogP contribution in [-0.2, 0) is 0 Å². The second-order valence-corrected chi connectivity index (χ2v) is 5.27. The van der Waals surface area contributed by atoms with Crippen LogP contribution in [0.5, 0.6) is 0 Å². The van der Waals surface area contributed by atoms with Gasteiger partial charge in [-0.2, -0.15) is 13.2 Å². The topological polar surface area (TPSA) is 12.0 Å². The van der Waals surface area contributed by atoms with Crippen molar-refractivity contribution >= 4 is 11.6 Å². The van der Waals surface area contributed by atoms with Crippen molar-refractivity contribution in [2.45, 2.75) is 25.2 Å². The first-order valence-electron chi connectivity index (χ1n) is 6.51. The molecule has 0 bridgehead atoms. The Kier molecular flexibility index (Phi) is 4.91. The minimum absolute atomic E-state index is 0.193. The Balaban J connectivity index is 2.24. The molecule has 0 amide bonds. The van der Waals surface area contributed by atoms with Gasteiger partial charge in [0.15, 0.2) is 0 Å². The van der Waals surface area contributed by atoms with E-state index in [1.165, 1.54) is 12.1 Å². The Morgan fingerprint density at radius 2 is 1.57 bits per heavy atom. The summed E-state index contributed by atoms with van der Waals surface area (Å²) < 4.78 is 39.8. The minimum Gasteiger partial charge on any atom is -0.296 e. The largest absolute Gasteiger partial charge is 0.407 e. The zero-order valence-corrected chi connectivity index (χ0v) is 12.1. The summed E-state index contributed by atoms with van der Waals surface area (Å²) in [6.45, 7) is 1.69. The normalized spacial score (nSPS) is 14.7. The van der Waals surface area contributed by atoms with Gasteiger partial charge in [-0.25, -0.2) is 0 Å². The van der Waals surface area contributed by atoms with E-state index >= 15 is 0 Å². The average molecular weight is 314 g/mol. The Labute approximate surface area is 126 Å². The standard InChI is InChI=1S/C16H15ClF3N/c1-11(13-8-5-9-14(17)10-13)21-15(16(18,19)20)12-6-3-2-4-7-12/h2-11,15,21H,1H3/t11-,15?/m1/s1. The van der Waals surface area contributed by atoms with Crippen LogP contribution >= 0.6 is 11.6 Å². The fourth-order valence-electron chi connectivity index (χ4n) is 2.15. The summed E-state index contributed by atoms with van der Waals surface area (Å²) >= 11 is 5.88. The molecule has 0 heterocycles. The molecule has 0 spiro atoms. The van der Waals surface area contributed by atoms with Gasteiger partial charge in [-0.3, -0.25) is 5.32 Å². The molecule has 1 unspecified atom stereocenters. The van der Waals surface area contributed by atoms with E-state index in [9.17, 15) is 13.2 Å². The van der Waals surface area contributed by atoms with E-state index in [4.69, 9.17) is 11.6 Å². The first-order valence-corrected chi connectivity index (χ1v) is 6.89. The van der Waals surface area contributed by atoms with Crippen molar-refractivity contribution in [3.63, 3.8) is 0 Å². The zero-order valence-electron chi connectivity index (χ0n) is 11.4. The monoisotopic (exact) mass is 313 g/mol. The summed E-state index contributed by atoms with van der Waals surface area (Å²) in [6, 6.07) is 12.5. The third-order valence-corrected chi connectivity index (χ3v) is 3.46. The molecule has 1 N–H and O–H groups in total. The Hall–Kier alpha value is -1.52. The van der Waals surface area contributed by atoms with E-state index in [1.807, 2.05) is 0 Å². The van der Waals surface area contributed by atoms with E-state index in [0.717, 1.165) is 0 Å². The van der Waals surface area contributed by atoms with E-state index < -0.39 is 18.3 Å². The highest BCUT2D eigenvalue weighted by Gasteiger charge is 2.41. The van der Waals surface area contributed by atoms with Crippen LogP contribution in [0.3, 0.4) is 0 Å². The molecule has 1 nitrogen and oxygen atoms in total. The summed E-state index contributed by atoms with van der Waals surface area (Å²) in [6.07, 6.45) is -4.37. The van der Waals surface area contributed by atoms with Gasteiger partial charge in [0.2, 0.25) is 0 Å². The quantitative estimate of drug-likeness (QED) is 0.808. The lowest BCUT2D eigenvalue weighted by molar-refractivity contribution is -0.159. The van der Waals surface area contributed by atoms with E-state index in [1.54, 1.807) is 49.4 Å². The first kappa shape index (κ1) is 15.9. The first-order chi connectivity index (χ1) is 9.88. The molecular formula is C16H15ClF3N. The van der Waals surface area contributed by atoms with Crippen LogP contribution in [0.15, 0.2) is 54.6 Å². The molecule has 0 fully saturated rings. The van der Waals surface area contributed by atoms with Gasteiger partial charge < -0.3 is 0 Å². The van der Waals surface area contributed by atoms with Crippen molar-refractivity contribution in [1.29, 1.82) is 0 Å². The molecule has 5 heteroatoms. The average Bonchev–Trinajstić information content (AvgIpc) is 2.44. The highest BCUT2D eigenvalue weighted by atomic mass is 35.5. The Bertz CT molecular complexity index is 584. The zero-order chi connectivity index (χ0) is 15.5. The lowest BCUT2D eigenvalue weighted by Gasteiger charge is -2.26. The molecule has 2 aromatic rings. The molecule has 0 radical (unpaired) electrons.